The second kappa shape index (κ2) is 5.69. The monoisotopic (exact) mass is 320 g/mol. The Kier molecular flexibility index (Phi) is 4.03. The summed E-state index contributed by atoms with van der Waals surface area (Å²) in [5.41, 5.74) is 0.349. The van der Waals surface area contributed by atoms with Gasteiger partial charge < -0.3 is 0 Å². The Morgan fingerprint density at radius 3 is 1.74 bits per heavy atom. The standard InChI is InChI=1S/C19H36N4/c1-14(2)22-15-6-7-16(22)10-20(9-15)13-21-11-17-8-18(12-21)23(17)19(3,4)5/h14-18H,6-13H2,1-5H3. The van der Waals surface area contributed by atoms with Gasteiger partial charge in [-0.05, 0) is 53.9 Å². The number of piperazine rings is 2. The molecule has 0 amide bonds. The van der Waals surface area contributed by atoms with Gasteiger partial charge in [0.25, 0.3) is 0 Å². The lowest BCUT2D eigenvalue weighted by Crippen LogP contribution is -2.73. The van der Waals surface area contributed by atoms with Crippen LogP contribution < -0.4 is 0 Å². The first kappa shape index (κ1) is 16.3. The minimum absolute atomic E-state index is 0.349. The minimum atomic E-state index is 0.349. The molecule has 4 nitrogen and oxygen atoms in total. The van der Waals surface area contributed by atoms with Gasteiger partial charge in [-0.1, -0.05) is 0 Å². The number of hydrogen-bond acceptors (Lipinski definition) is 4. The Bertz CT molecular complexity index is 417. The van der Waals surface area contributed by atoms with Crippen LogP contribution in [0.1, 0.15) is 53.9 Å². The summed E-state index contributed by atoms with van der Waals surface area (Å²) in [6, 6.07) is 3.97. The van der Waals surface area contributed by atoms with Crippen LogP contribution in [0.25, 0.3) is 0 Å². The zero-order chi connectivity index (χ0) is 16.4. The van der Waals surface area contributed by atoms with Gasteiger partial charge in [0.15, 0.2) is 0 Å². The van der Waals surface area contributed by atoms with E-state index in [1.54, 1.807) is 0 Å². The molecular weight excluding hydrogens is 284 g/mol. The summed E-state index contributed by atoms with van der Waals surface area (Å²) in [7, 11) is 0. The second-order valence-electron chi connectivity index (χ2n) is 9.76. The van der Waals surface area contributed by atoms with Crippen molar-refractivity contribution in [1.82, 2.24) is 19.6 Å². The smallest absolute Gasteiger partial charge is 0.0508 e. The molecular formula is C19H36N4. The Hall–Kier alpha value is -0.160. The van der Waals surface area contributed by atoms with Crippen LogP contribution in [-0.4, -0.2) is 88.2 Å². The van der Waals surface area contributed by atoms with Gasteiger partial charge in [-0.15, -0.1) is 0 Å². The Morgan fingerprint density at radius 1 is 0.826 bits per heavy atom. The summed E-state index contributed by atoms with van der Waals surface area (Å²) in [6.45, 7) is 18.3. The van der Waals surface area contributed by atoms with Crippen molar-refractivity contribution in [2.45, 2.75) is 89.6 Å². The lowest BCUT2D eigenvalue weighted by molar-refractivity contribution is -0.130. The molecule has 0 spiro atoms. The van der Waals surface area contributed by atoms with Crippen LogP contribution in [0, 0.1) is 0 Å². The lowest BCUT2D eigenvalue weighted by atomic mass is 9.82. The molecule has 4 heteroatoms. The van der Waals surface area contributed by atoms with Crippen LogP contribution in [0.2, 0.25) is 0 Å². The van der Waals surface area contributed by atoms with Gasteiger partial charge in [0.05, 0.1) is 6.67 Å². The van der Waals surface area contributed by atoms with Gasteiger partial charge in [-0.2, -0.15) is 0 Å². The highest BCUT2D eigenvalue weighted by Gasteiger charge is 2.49. The van der Waals surface area contributed by atoms with Crippen LogP contribution in [-0.2, 0) is 0 Å². The molecule has 5 saturated heterocycles. The number of rotatable bonds is 3. The molecule has 23 heavy (non-hydrogen) atoms. The third kappa shape index (κ3) is 2.86. The van der Waals surface area contributed by atoms with Crippen molar-refractivity contribution in [3.05, 3.63) is 0 Å². The van der Waals surface area contributed by atoms with E-state index in [2.05, 4.69) is 54.2 Å². The van der Waals surface area contributed by atoms with Crippen molar-refractivity contribution >= 4 is 0 Å². The third-order valence-electron chi connectivity index (χ3n) is 6.65. The van der Waals surface area contributed by atoms with Crippen molar-refractivity contribution in [1.29, 1.82) is 0 Å². The predicted molar refractivity (Wildman–Crippen MR) is 95.6 cm³/mol. The van der Waals surface area contributed by atoms with E-state index in [1.807, 2.05) is 0 Å². The number of piperidine rings is 1. The maximum atomic E-state index is 2.80. The molecule has 5 fully saturated rings. The van der Waals surface area contributed by atoms with Crippen molar-refractivity contribution < 1.29 is 0 Å². The summed E-state index contributed by atoms with van der Waals surface area (Å²) in [5.74, 6) is 0. The third-order valence-corrected chi connectivity index (χ3v) is 6.65. The SMILES string of the molecule is CC(C)N1C2CCC1CN(CN1CC3CC(C1)N3C(C)(C)C)C2. The molecule has 0 radical (unpaired) electrons. The topological polar surface area (TPSA) is 13.0 Å². The number of nitrogens with zero attached hydrogens (tertiary/aromatic N) is 4. The molecule has 4 bridgehead atoms. The summed E-state index contributed by atoms with van der Waals surface area (Å²) in [6.07, 6.45) is 4.27. The van der Waals surface area contributed by atoms with E-state index in [4.69, 9.17) is 0 Å². The summed E-state index contributed by atoms with van der Waals surface area (Å²) >= 11 is 0. The Balaban J connectivity index is 1.32. The first-order chi connectivity index (χ1) is 10.8. The van der Waals surface area contributed by atoms with Crippen molar-refractivity contribution in [2.24, 2.45) is 0 Å². The maximum absolute atomic E-state index is 2.80. The van der Waals surface area contributed by atoms with Crippen molar-refractivity contribution in [3.8, 4) is 0 Å². The lowest BCUT2D eigenvalue weighted by Gasteiger charge is -2.62. The number of likely N-dealkylation sites (tertiary alicyclic amines) is 1. The van der Waals surface area contributed by atoms with E-state index in [0.717, 1.165) is 30.2 Å². The zero-order valence-electron chi connectivity index (χ0n) is 15.8. The molecule has 0 aliphatic carbocycles. The number of hydrogen-bond donors (Lipinski definition) is 0. The Morgan fingerprint density at radius 2 is 1.30 bits per heavy atom. The average molecular weight is 321 g/mol. The predicted octanol–water partition coefficient (Wildman–Crippen LogP) is 2.06. The van der Waals surface area contributed by atoms with Gasteiger partial charge in [-0.25, -0.2) is 0 Å². The van der Waals surface area contributed by atoms with Crippen LogP contribution in [0.5, 0.6) is 0 Å². The van der Waals surface area contributed by atoms with E-state index >= 15 is 0 Å². The normalized spacial score (nSPS) is 39.9. The fraction of sp³-hybridized carbons (Fsp3) is 1.00. The summed E-state index contributed by atoms with van der Waals surface area (Å²) in [5, 5.41) is 0. The molecule has 0 N–H and O–H groups in total. The van der Waals surface area contributed by atoms with E-state index in [1.165, 1.54) is 52.1 Å². The molecule has 5 heterocycles. The van der Waals surface area contributed by atoms with Crippen molar-refractivity contribution in [2.75, 3.05) is 32.8 Å². The van der Waals surface area contributed by atoms with E-state index < -0.39 is 0 Å². The van der Waals surface area contributed by atoms with Gasteiger partial charge in [0.1, 0.15) is 0 Å². The van der Waals surface area contributed by atoms with E-state index in [-0.39, 0.29) is 0 Å². The fourth-order valence-corrected chi connectivity index (χ4v) is 6.17. The van der Waals surface area contributed by atoms with Crippen molar-refractivity contribution in [3.63, 3.8) is 0 Å². The highest BCUT2D eigenvalue weighted by atomic mass is 15.4. The molecule has 0 aromatic carbocycles. The molecule has 132 valence electrons. The molecule has 4 atom stereocenters. The molecule has 5 aliphatic rings. The highest BCUT2D eigenvalue weighted by molar-refractivity contribution is 5.05. The molecule has 5 aliphatic heterocycles. The molecule has 0 aromatic heterocycles. The first-order valence-electron chi connectivity index (χ1n) is 9.83. The fourth-order valence-electron chi connectivity index (χ4n) is 6.17. The maximum Gasteiger partial charge on any atom is 0.0508 e. The summed E-state index contributed by atoms with van der Waals surface area (Å²) in [4.78, 5) is 11.1. The van der Waals surface area contributed by atoms with Crippen LogP contribution in [0.4, 0.5) is 0 Å². The van der Waals surface area contributed by atoms with Crippen LogP contribution >= 0.6 is 0 Å². The molecule has 0 saturated carbocycles. The molecule has 5 rings (SSSR count). The van der Waals surface area contributed by atoms with E-state index in [9.17, 15) is 0 Å². The highest BCUT2D eigenvalue weighted by Crippen LogP contribution is 2.38. The molecule has 4 unspecified atom stereocenters. The van der Waals surface area contributed by atoms with Gasteiger partial charge in [0, 0.05) is 61.9 Å². The quantitative estimate of drug-likeness (QED) is 0.789. The van der Waals surface area contributed by atoms with Crippen LogP contribution in [0.3, 0.4) is 0 Å². The van der Waals surface area contributed by atoms with Gasteiger partial charge in [-0.3, -0.25) is 19.6 Å². The summed E-state index contributed by atoms with van der Waals surface area (Å²) < 4.78 is 0. The van der Waals surface area contributed by atoms with Gasteiger partial charge in [0.2, 0.25) is 0 Å². The Labute approximate surface area is 142 Å². The van der Waals surface area contributed by atoms with Gasteiger partial charge >= 0.3 is 0 Å². The zero-order valence-corrected chi connectivity index (χ0v) is 15.8. The average Bonchev–Trinajstić information content (AvgIpc) is 2.69. The number of fused-ring (bicyclic) bond motifs is 4. The minimum Gasteiger partial charge on any atom is -0.292 e. The van der Waals surface area contributed by atoms with E-state index in [0.29, 0.717) is 5.54 Å². The second-order valence-corrected chi connectivity index (χ2v) is 9.76. The largest absolute Gasteiger partial charge is 0.292 e. The molecule has 0 aromatic rings. The first-order valence-corrected chi connectivity index (χ1v) is 9.83. The van der Waals surface area contributed by atoms with Crippen LogP contribution in [0.15, 0.2) is 0 Å².